The molecule has 0 aliphatic carbocycles. The average Bonchev–Trinajstić information content (AvgIpc) is 2.45. The van der Waals surface area contributed by atoms with Crippen LogP contribution >= 0.6 is 27.7 Å². The topological polar surface area (TPSA) is 61.9 Å². The van der Waals surface area contributed by atoms with Gasteiger partial charge in [-0.05, 0) is 41.5 Å². The van der Waals surface area contributed by atoms with Gasteiger partial charge < -0.3 is 11.1 Å². The van der Waals surface area contributed by atoms with Gasteiger partial charge in [0.2, 0.25) is 0 Å². The molecule has 0 aliphatic heterocycles. The first kappa shape index (κ1) is 15.9. The smallest absolute Gasteiger partial charge is 0.151 e. The number of anilines is 1. The highest BCUT2D eigenvalue weighted by Gasteiger charge is 2.05. The third-order valence-electron chi connectivity index (χ3n) is 2.85. The molecule has 2 aromatic rings. The molecule has 110 valence electrons. The van der Waals surface area contributed by atoms with E-state index in [1.54, 1.807) is 12.1 Å². The van der Waals surface area contributed by atoms with E-state index in [4.69, 9.17) is 11.1 Å². The van der Waals surface area contributed by atoms with Gasteiger partial charge in [-0.15, -0.1) is 0 Å². The lowest BCUT2D eigenvalue weighted by molar-refractivity contribution is 0.627. The molecule has 0 heterocycles. The molecule has 0 fully saturated rings. The summed E-state index contributed by atoms with van der Waals surface area (Å²) >= 11 is 4.73. The molecule has 0 aromatic heterocycles. The van der Waals surface area contributed by atoms with Gasteiger partial charge in [-0.1, -0.05) is 39.8 Å². The van der Waals surface area contributed by atoms with Crippen LogP contribution in [0.4, 0.5) is 10.1 Å². The first-order valence-corrected chi connectivity index (χ1v) is 8.06. The van der Waals surface area contributed by atoms with Gasteiger partial charge in [-0.3, -0.25) is 5.41 Å². The van der Waals surface area contributed by atoms with Crippen LogP contribution in [0.5, 0.6) is 0 Å². The Labute approximate surface area is 135 Å². The van der Waals surface area contributed by atoms with Crippen molar-refractivity contribution >= 4 is 38.5 Å². The maximum atomic E-state index is 12.9. The van der Waals surface area contributed by atoms with Crippen LogP contribution < -0.4 is 11.1 Å². The number of hydrogen-bond acceptors (Lipinski definition) is 3. The summed E-state index contributed by atoms with van der Waals surface area (Å²) in [5, 5.41) is 10.7. The van der Waals surface area contributed by atoms with E-state index in [2.05, 4.69) is 21.2 Å². The summed E-state index contributed by atoms with van der Waals surface area (Å²) in [4.78, 5) is 0. The van der Waals surface area contributed by atoms with E-state index in [9.17, 15) is 4.39 Å². The van der Waals surface area contributed by atoms with Gasteiger partial charge in [0.15, 0.2) is 5.17 Å². The number of benzene rings is 2. The van der Waals surface area contributed by atoms with E-state index < -0.39 is 0 Å². The van der Waals surface area contributed by atoms with Gasteiger partial charge in [-0.2, -0.15) is 0 Å². The summed E-state index contributed by atoms with van der Waals surface area (Å²) in [5.74, 6) is 0.390. The van der Waals surface area contributed by atoms with Crippen molar-refractivity contribution in [1.82, 2.24) is 0 Å². The Morgan fingerprint density at radius 2 is 1.95 bits per heavy atom. The van der Waals surface area contributed by atoms with Gasteiger partial charge in [0.05, 0.1) is 0 Å². The largest absolute Gasteiger partial charge is 0.381 e. The molecule has 2 rings (SSSR count). The summed E-state index contributed by atoms with van der Waals surface area (Å²) in [5.41, 5.74) is 8.43. The lowest BCUT2D eigenvalue weighted by Gasteiger charge is -2.12. The van der Waals surface area contributed by atoms with Gasteiger partial charge in [0, 0.05) is 22.5 Å². The molecule has 3 nitrogen and oxygen atoms in total. The van der Waals surface area contributed by atoms with Crippen molar-refractivity contribution in [3.8, 4) is 0 Å². The number of rotatable bonds is 5. The number of nitrogens with one attached hydrogen (secondary N) is 2. The van der Waals surface area contributed by atoms with E-state index >= 15 is 0 Å². The zero-order valence-electron chi connectivity index (χ0n) is 11.2. The van der Waals surface area contributed by atoms with Crippen LogP contribution in [0.2, 0.25) is 0 Å². The van der Waals surface area contributed by atoms with Crippen LogP contribution in [0, 0.1) is 11.2 Å². The maximum Gasteiger partial charge on any atom is 0.151 e. The van der Waals surface area contributed by atoms with E-state index in [1.807, 2.05) is 18.2 Å². The number of nitrogens with two attached hydrogens (primary N) is 1. The molecule has 4 N–H and O–H groups in total. The highest BCUT2D eigenvalue weighted by atomic mass is 79.9. The number of amidine groups is 1. The fraction of sp³-hybridized carbons (Fsp3) is 0.133. The minimum atomic E-state index is -0.235. The summed E-state index contributed by atoms with van der Waals surface area (Å²) in [6.07, 6.45) is 0. The molecule has 0 saturated carbocycles. The summed E-state index contributed by atoms with van der Waals surface area (Å²) in [7, 11) is 0. The predicted octanol–water partition coefficient (Wildman–Crippen LogP) is 4.33. The second kappa shape index (κ2) is 7.47. The molecule has 0 saturated heterocycles. The molecule has 0 bridgehead atoms. The molecule has 0 amide bonds. The Hall–Kier alpha value is -1.53. The number of thioether (sulfide) groups is 1. The minimum absolute atomic E-state index is 0.0967. The van der Waals surface area contributed by atoms with Crippen molar-refractivity contribution in [3.63, 3.8) is 0 Å². The van der Waals surface area contributed by atoms with Crippen molar-refractivity contribution in [2.75, 3.05) is 5.32 Å². The highest BCUT2D eigenvalue weighted by Crippen LogP contribution is 2.25. The molecule has 0 aliphatic rings. The van der Waals surface area contributed by atoms with Crippen molar-refractivity contribution in [2.24, 2.45) is 5.73 Å². The quantitative estimate of drug-likeness (QED) is 0.544. The van der Waals surface area contributed by atoms with Crippen molar-refractivity contribution in [1.29, 1.82) is 5.41 Å². The third-order valence-corrected chi connectivity index (χ3v) is 4.11. The van der Waals surface area contributed by atoms with Gasteiger partial charge in [0.25, 0.3) is 0 Å². The van der Waals surface area contributed by atoms with Crippen LogP contribution in [-0.2, 0) is 12.3 Å². The van der Waals surface area contributed by atoms with Crippen molar-refractivity contribution in [3.05, 3.63) is 63.9 Å². The lowest BCUT2D eigenvalue weighted by Crippen LogP contribution is -2.06. The standard InChI is InChI=1S/C15H15BrFN3S/c16-12-3-6-14(11(7-12)9-21-15(18)19)20-8-10-1-4-13(17)5-2-10/h1-7,20H,8-9H2,(H3,18,19). The Morgan fingerprint density at radius 3 is 2.62 bits per heavy atom. The second-order valence-corrected chi connectivity index (χ2v) is 6.37. The SMILES string of the molecule is N=C(N)SCc1cc(Br)ccc1NCc1ccc(F)cc1. The second-order valence-electron chi connectivity index (χ2n) is 4.43. The van der Waals surface area contributed by atoms with Gasteiger partial charge in [0.1, 0.15) is 5.82 Å². The molecular weight excluding hydrogens is 353 g/mol. The summed E-state index contributed by atoms with van der Waals surface area (Å²) < 4.78 is 13.9. The van der Waals surface area contributed by atoms with E-state index in [0.29, 0.717) is 12.3 Å². The highest BCUT2D eigenvalue weighted by molar-refractivity contribution is 9.10. The molecule has 0 spiro atoms. The zero-order chi connectivity index (χ0) is 15.2. The third kappa shape index (κ3) is 5.06. The van der Waals surface area contributed by atoms with Crippen molar-refractivity contribution in [2.45, 2.75) is 12.3 Å². The molecule has 21 heavy (non-hydrogen) atoms. The molecule has 2 aromatic carbocycles. The van der Waals surface area contributed by atoms with Crippen LogP contribution in [0.25, 0.3) is 0 Å². The predicted molar refractivity (Wildman–Crippen MR) is 91.1 cm³/mol. The van der Waals surface area contributed by atoms with Crippen molar-refractivity contribution < 1.29 is 4.39 Å². The molecule has 0 atom stereocenters. The fourth-order valence-corrected chi connectivity index (χ4v) is 2.77. The molecular formula is C15H15BrFN3S. The summed E-state index contributed by atoms with van der Waals surface area (Å²) in [6, 6.07) is 12.3. The minimum Gasteiger partial charge on any atom is -0.381 e. The first-order chi connectivity index (χ1) is 10.0. The van der Waals surface area contributed by atoms with Crippen LogP contribution in [-0.4, -0.2) is 5.17 Å². The monoisotopic (exact) mass is 367 g/mol. The Bertz CT molecular complexity index is 631. The maximum absolute atomic E-state index is 12.9. The zero-order valence-corrected chi connectivity index (χ0v) is 13.6. The molecule has 0 unspecified atom stereocenters. The summed E-state index contributed by atoms with van der Waals surface area (Å²) in [6.45, 7) is 0.611. The first-order valence-electron chi connectivity index (χ1n) is 6.28. The average molecular weight is 368 g/mol. The Morgan fingerprint density at radius 1 is 1.24 bits per heavy atom. The normalized spacial score (nSPS) is 10.4. The van der Waals surface area contributed by atoms with E-state index in [1.165, 1.54) is 23.9 Å². The Balaban J connectivity index is 2.07. The number of hydrogen-bond donors (Lipinski definition) is 3. The number of halogens is 2. The van der Waals surface area contributed by atoms with Crippen LogP contribution in [0.15, 0.2) is 46.9 Å². The molecule has 6 heteroatoms. The fourth-order valence-electron chi connectivity index (χ4n) is 1.81. The Kier molecular flexibility index (Phi) is 5.64. The van der Waals surface area contributed by atoms with E-state index in [-0.39, 0.29) is 11.0 Å². The van der Waals surface area contributed by atoms with Crippen LogP contribution in [0.3, 0.4) is 0 Å². The van der Waals surface area contributed by atoms with E-state index in [0.717, 1.165) is 21.3 Å². The van der Waals surface area contributed by atoms with Gasteiger partial charge >= 0.3 is 0 Å². The molecule has 0 radical (unpaired) electrons. The van der Waals surface area contributed by atoms with Crippen LogP contribution in [0.1, 0.15) is 11.1 Å². The lowest BCUT2D eigenvalue weighted by atomic mass is 10.1. The van der Waals surface area contributed by atoms with Gasteiger partial charge in [-0.25, -0.2) is 4.39 Å².